The number of benzene rings is 1. The van der Waals surface area contributed by atoms with Crippen LogP contribution in [-0.4, -0.2) is 16.0 Å². The Morgan fingerprint density at radius 3 is 2.75 bits per heavy atom. The summed E-state index contributed by atoms with van der Waals surface area (Å²) in [6, 6.07) is 4.37. The van der Waals surface area contributed by atoms with E-state index >= 15 is 0 Å². The number of fused-ring (bicyclic) bond motifs is 1. The number of carbonyl (C=O) groups is 1. The number of hydrogen-bond acceptors (Lipinski definition) is 5. The molecule has 0 aliphatic carbocycles. The molecule has 16 heavy (non-hydrogen) atoms. The van der Waals surface area contributed by atoms with Gasteiger partial charge in [0, 0.05) is 5.39 Å². The van der Waals surface area contributed by atoms with E-state index in [0.717, 1.165) is 11.3 Å². The summed E-state index contributed by atoms with van der Waals surface area (Å²) in [5, 5.41) is 20.1. The van der Waals surface area contributed by atoms with Crippen LogP contribution < -0.4 is 5.73 Å². The second-order valence-corrected chi connectivity index (χ2v) is 4.15. The maximum atomic E-state index is 10.8. The highest BCUT2D eigenvalue weighted by Gasteiger charge is 2.20. The summed E-state index contributed by atoms with van der Waals surface area (Å²) in [5.74, 6) is -1.10. The van der Waals surface area contributed by atoms with Crippen LogP contribution in [0, 0.1) is 10.1 Å². The number of thiophene rings is 1. The van der Waals surface area contributed by atoms with E-state index in [0.29, 0.717) is 10.1 Å². The van der Waals surface area contributed by atoms with Crippen molar-refractivity contribution in [2.75, 3.05) is 5.73 Å². The number of hydrogen-bond donors (Lipinski definition) is 2. The van der Waals surface area contributed by atoms with Crippen LogP contribution in [0.4, 0.5) is 11.4 Å². The maximum Gasteiger partial charge on any atom is 0.345 e. The Morgan fingerprint density at radius 2 is 2.19 bits per heavy atom. The normalized spacial score (nSPS) is 10.5. The highest BCUT2D eigenvalue weighted by atomic mass is 32.1. The molecule has 0 unspecified atom stereocenters. The Balaban J connectivity index is 2.82. The lowest BCUT2D eigenvalue weighted by atomic mass is 10.2. The van der Waals surface area contributed by atoms with E-state index in [2.05, 4.69) is 0 Å². The quantitative estimate of drug-likeness (QED) is 0.473. The van der Waals surface area contributed by atoms with Crippen molar-refractivity contribution in [2.24, 2.45) is 0 Å². The molecule has 0 saturated heterocycles. The van der Waals surface area contributed by atoms with Gasteiger partial charge in [0.25, 0.3) is 0 Å². The molecule has 2 aromatic rings. The molecule has 0 radical (unpaired) electrons. The number of nitrogens with two attached hydrogens (primary N) is 1. The summed E-state index contributed by atoms with van der Waals surface area (Å²) in [5.41, 5.74) is 5.30. The zero-order chi connectivity index (χ0) is 11.9. The summed E-state index contributed by atoms with van der Waals surface area (Å²) in [4.78, 5) is 21.0. The number of anilines is 1. The molecule has 1 aromatic carbocycles. The minimum atomic E-state index is -1.10. The topological polar surface area (TPSA) is 106 Å². The summed E-state index contributed by atoms with van der Waals surface area (Å²) in [6.07, 6.45) is 0. The fourth-order valence-electron chi connectivity index (χ4n) is 1.40. The zero-order valence-electron chi connectivity index (χ0n) is 7.84. The molecule has 1 heterocycles. The van der Waals surface area contributed by atoms with Crippen molar-refractivity contribution in [2.45, 2.75) is 0 Å². The molecule has 0 saturated carbocycles. The number of nitrogen functional groups attached to an aromatic ring is 1. The van der Waals surface area contributed by atoms with Crippen LogP contribution in [0.3, 0.4) is 0 Å². The van der Waals surface area contributed by atoms with Crippen molar-refractivity contribution in [3.05, 3.63) is 33.2 Å². The fourth-order valence-corrected chi connectivity index (χ4v) is 2.42. The summed E-state index contributed by atoms with van der Waals surface area (Å²) >= 11 is 0.853. The van der Waals surface area contributed by atoms with E-state index in [-0.39, 0.29) is 16.3 Å². The third kappa shape index (κ3) is 1.47. The van der Waals surface area contributed by atoms with E-state index in [1.807, 2.05) is 0 Å². The van der Waals surface area contributed by atoms with Gasteiger partial charge in [-0.1, -0.05) is 6.07 Å². The molecule has 0 spiro atoms. The van der Waals surface area contributed by atoms with Gasteiger partial charge in [0.2, 0.25) is 0 Å². The lowest BCUT2D eigenvalue weighted by Gasteiger charge is -1.96. The third-order valence-corrected chi connectivity index (χ3v) is 3.23. The van der Waals surface area contributed by atoms with E-state index in [9.17, 15) is 14.9 Å². The molecular weight excluding hydrogens is 232 g/mol. The van der Waals surface area contributed by atoms with Crippen LogP contribution in [0.15, 0.2) is 18.2 Å². The van der Waals surface area contributed by atoms with E-state index < -0.39 is 10.9 Å². The van der Waals surface area contributed by atoms with E-state index in [4.69, 9.17) is 10.8 Å². The molecule has 1 aromatic heterocycles. The van der Waals surface area contributed by atoms with Gasteiger partial charge in [-0.25, -0.2) is 4.79 Å². The monoisotopic (exact) mass is 238 g/mol. The largest absolute Gasteiger partial charge is 0.477 e. The number of carboxylic acids is 1. The molecule has 0 atom stereocenters. The number of nitro benzene ring substituents is 1. The number of carboxylic acid groups (broad SMARTS) is 1. The van der Waals surface area contributed by atoms with Gasteiger partial charge in [0.15, 0.2) is 0 Å². The smallest absolute Gasteiger partial charge is 0.345 e. The van der Waals surface area contributed by atoms with Crippen molar-refractivity contribution >= 4 is 38.8 Å². The molecule has 6 nitrogen and oxygen atoms in total. The SMILES string of the molecule is Nc1ccc2cc(C(=O)O)sc2c1[N+](=O)[O-]. The molecule has 82 valence electrons. The highest BCUT2D eigenvalue weighted by Crippen LogP contribution is 2.37. The molecule has 0 amide bonds. The second-order valence-electron chi connectivity index (χ2n) is 3.09. The fraction of sp³-hybridized carbons (Fsp3) is 0. The van der Waals surface area contributed by atoms with Gasteiger partial charge >= 0.3 is 11.7 Å². The van der Waals surface area contributed by atoms with E-state index in [1.165, 1.54) is 12.1 Å². The predicted molar refractivity (Wildman–Crippen MR) is 59.9 cm³/mol. The Kier molecular flexibility index (Phi) is 2.24. The molecule has 2 rings (SSSR count). The van der Waals surface area contributed by atoms with Crippen LogP contribution in [0.1, 0.15) is 9.67 Å². The summed E-state index contributed by atoms with van der Waals surface area (Å²) < 4.78 is 0.294. The Morgan fingerprint density at radius 1 is 1.50 bits per heavy atom. The maximum absolute atomic E-state index is 10.8. The van der Waals surface area contributed by atoms with Gasteiger partial charge in [-0.05, 0) is 12.1 Å². The number of nitro groups is 1. The van der Waals surface area contributed by atoms with Gasteiger partial charge in [0.05, 0.1) is 4.92 Å². The van der Waals surface area contributed by atoms with Gasteiger partial charge in [-0.3, -0.25) is 10.1 Å². The number of rotatable bonds is 2. The van der Waals surface area contributed by atoms with Gasteiger partial charge in [-0.15, -0.1) is 11.3 Å². The number of aromatic carboxylic acids is 1. The predicted octanol–water partition coefficient (Wildman–Crippen LogP) is 2.09. The Hall–Kier alpha value is -2.15. The minimum Gasteiger partial charge on any atom is -0.477 e. The molecule has 0 aliphatic heterocycles. The minimum absolute atomic E-state index is 0.0382. The first-order chi connectivity index (χ1) is 7.50. The van der Waals surface area contributed by atoms with Crippen LogP contribution in [0.25, 0.3) is 10.1 Å². The highest BCUT2D eigenvalue weighted by molar-refractivity contribution is 7.21. The first-order valence-electron chi connectivity index (χ1n) is 4.20. The van der Waals surface area contributed by atoms with Crippen LogP contribution in [-0.2, 0) is 0 Å². The lowest BCUT2D eigenvalue weighted by molar-refractivity contribution is -0.381. The molecule has 0 bridgehead atoms. The third-order valence-electron chi connectivity index (χ3n) is 2.09. The molecule has 0 fully saturated rings. The van der Waals surface area contributed by atoms with Crippen molar-refractivity contribution in [3.63, 3.8) is 0 Å². The summed E-state index contributed by atoms with van der Waals surface area (Å²) in [6.45, 7) is 0. The van der Waals surface area contributed by atoms with Gasteiger partial charge < -0.3 is 10.8 Å². The zero-order valence-corrected chi connectivity index (χ0v) is 8.65. The molecule has 7 heteroatoms. The first-order valence-corrected chi connectivity index (χ1v) is 5.02. The van der Waals surface area contributed by atoms with Crippen molar-refractivity contribution in [3.8, 4) is 0 Å². The van der Waals surface area contributed by atoms with Crippen LogP contribution in [0.5, 0.6) is 0 Å². The average molecular weight is 238 g/mol. The van der Waals surface area contributed by atoms with Crippen molar-refractivity contribution in [1.29, 1.82) is 0 Å². The van der Waals surface area contributed by atoms with Crippen LogP contribution in [0.2, 0.25) is 0 Å². The second kappa shape index (κ2) is 3.46. The average Bonchev–Trinajstić information content (AvgIpc) is 2.60. The van der Waals surface area contributed by atoms with Crippen molar-refractivity contribution in [1.82, 2.24) is 0 Å². The van der Waals surface area contributed by atoms with Crippen LogP contribution >= 0.6 is 11.3 Å². The van der Waals surface area contributed by atoms with Gasteiger partial charge in [0.1, 0.15) is 15.3 Å². The van der Waals surface area contributed by atoms with Crippen molar-refractivity contribution < 1.29 is 14.8 Å². The molecule has 3 N–H and O–H groups in total. The lowest BCUT2D eigenvalue weighted by Crippen LogP contribution is -1.94. The van der Waals surface area contributed by atoms with Gasteiger partial charge in [-0.2, -0.15) is 0 Å². The first kappa shape index (κ1) is 10.4. The standard InChI is InChI=1S/C9H6N2O4S/c10-5-2-1-4-3-6(9(12)13)16-8(4)7(5)11(14)15/h1-3H,10H2,(H,12,13). The number of nitrogens with zero attached hydrogens (tertiary/aromatic N) is 1. The molecule has 0 aliphatic rings. The Labute approximate surface area is 93.1 Å². The summed E-state index contributed by atoms with van der Waals surface area (Å²) in [7, 11) is 0. The molecular formula is C9H6N2O4S. The van der Waals surface area contributed by atoms with E-state index in [1.54, 1.807) is 6.07 Å². The Bertz CT molecular complexity index is 605.